The van der Waals surface area contributed by atoms with Gasteiger partial charge in [-0.3, -0.25) is 0 Å². The molecule has 0 saturated heterocycles. The van der Waals surface area contributed by atoms with Gasteiger partial charge in [-0.1, -0.05) is 24.3 Å². The van der Waals surface area contributed by atoms with Gasteiger partial charge in [-0.05, 0) is 135 Å². The highest BCUT2D eigenvalue weighted by Gasteiger charge is 2.17. The fourth-order valence-corrected chi connectivity index (χ4v) is 4.70. The van der Waals surface area contributed by atoms with Gasteiger partial charge < -0.3 is 10.2 Å². The highest BCUT2D eigenvalue weighted by molar-refractivity contribution is 5.54. The molecule has 0 aliphatic carbocycles. The second-order valence-electron chi connectivity index (χ2n) is 8.97. The molecule has 0 aliphatic heterocycles. The molecule has 0 spiro atoms. The molecule has 0 bridgehead atoms. The number of phenolic OH excluding ortho intramolecular Hbond substituents is 2. The molecule has 2 nitrogen and oxygen atoms in total. The summed E-state index contributed by atoms with van der Waals surface area (Å²) in [5.74, 6) is 0.795. The van der Waals surface area contributed by atoms with E-state index in [0.717, 1.165) is 35.1 Å². The summed E-state index contributed by atoms with van der Waals surface area (Å²) in [4.78, 5) is 0. The number of aromatic hydroxyl groups is 2. The Morgan fingerprint density at radius 2 is 0.700 bits per heavy atom. The van der Waals surface area contributed by atoms with Crippen molar-refractivity contribution in [1.82, 2.24) is 0 Å². The fraction of sp³-hybridized carbons (Fsp3) is 0.357. The Morgan fingerprint density at radius 1 is 0.467 bits per heavy atom. The second kappa shape index (κ2) is 8.18. The van der Waals surface area contributed by atoms with E-state index in [-0.39, 0.29) is 0 Å². The van der Waals surface area contributed by atoms with Crippen molar-refractivity contribution in [2.24, 2.45) is 0 Å². The van der Waals surface area contributed by atoms with Crippen LogP contribution in [-0.2, 0) is 12.8 Å². The fourth-order valence-electron chi connectivity index (χ4n) is 4.70. The minimum absolute atomic E-state index is 0.398. The molecule has 0 heterocycles. The van der Waals surface area contributed by atoms with E-state index in [9.17, 15) is 10.2 Å². The Bertz CT molecular complexity index is 970. The summed E-state index contributed by atoms with van der Waals surface area (Å²) in [6, 6.07) is 8.40. The lowest BCUT2D eigenvalue weighted by Crippen LogP contribution is -2.07. The zero-order valence-electron chi connectivity index (χ0n) is 19.6. The van der Waals surface area contributed by atoms with Gasteiger partial charge in [0.2, 0.25) is 0 Å². The van der Waals surface area contributed by atoms with Gasteiger partial charge >= 0.3 is 0 Å². The Balaban J connectivity index is 2.04. The minimum atomic E-state index is 0.398. The lowest BCUT2D eigenvalue weighted by Gasteiger charge is -2.22. The third kappa shape index (κ3) is 3.96. The van der Waals surface area contributed by atoms with E-state index in [1.807, 2.05) is 27.7 Å². The van der Waals surface area contributed by atoms with Gasteiger partial charge in [0.05, 0.1) is 0 Å². The van der Waals surface area contributed by atoms with Crippen molar-refractivity contribution in [3.63, 3.8) is 0 Å². The zero-order chi connectivity index (χ0) is 22.3. The maximum Gasteiger partial charge on any atom is 0.121 e. The molecule has 2 heteroatoms. The molecule has 2 N–H and O–H groups in total. The predicted octanol–water partition coefficient (Wildman–Crippen LogP) is 6.75. The molecule has 158 valence electrons. The van der Waals surface area contributed by atoms with Crippen molar-refractivity contribution in [2.45, 2.75) is 68.2 Å². The quantitative estimate of drug-likeness (QED) is 0.507. The van der Waals surface area contributed by atoms with Gasteiger partial charge in [0.15, 0.2) is 0 Å². The van der Waals surface area contributed by atoms with Crippen LogP contribution in [0.5, 0.6) is 11.5 Å². The lowest BCUT2D eigenvalue weighted by atomic mass is 9.83. The molecule has 0 unspecified atom stereocenters. The van der Waals surface area contributed by atoms with Crippen LogP contribution < -0.4 is 0 Å². The highest BCUT2D eigenvalue weighted by Crippen LogP contribution is 2.33. The first kappa shape index (κ1) is 22.0. The van der Waals surface area contributed by atoms with Crippen molar-refractivity contribution in [2.75, 3.05) is 0 Å². The van der Waals surface area contributed by atoms with Crippen LogP contribution in [0.3, 0.4) is 0 Å². The van der Waals surface area contributed by atoms with E-state index in [1.54, 1.807) is 0 Å². The Hall–Kier alpha value is -2.74. The number of hydrogen-bond donors (Lipinski definition) is 2. The molecule has 0 atom stereocenters. The first-order valence-corrected chi connectivity index (χ1v) is 10.7. The summed E-state index contributed by atoms with van der Waals surface area (Å²) >= 11 is 0. The maximum atomic E-state index is 10.1. The molecule has 3 aromatic rings. The topological polar surface area (TPSA) is 40.5 Å². The molecular formula is C28H34O2. The SMILES string of the molecule is Cc1cc(Cc2c(C)c(C)c(Cc3cc(C)c(O)c(C)c3)c(C)c2C)cc(C)c1O. The molecule has 0 saturated carbocycles. The Morgan fingerprint density at radius 3 is 0.933 bits per heavy atom. The smallest absolute Gasteiger partial charge is 0.121 e. The molecule has 0 fully saturated rings. The average molecular weight is 403 g/mol. The largest absolute Gasteiger partial charge is 0.507 e. The summed E-state index contributed by atoms with van der Waals surface area (Å²) in [5, 5.41) is 20.2. The van der Waals surface area contributed by atoms with E-state index in [2.05, 4.69) is 52.0 Å². The summed E-state index contributed by atoms with van der Waals surface area (Å²) in [5.41, 5.74) is 14.4. The minimum Gasteiger partial charge on any atom is -0.507 e. The monoisotopic (exact) mass is 402 g/mol. The summed E-state index contributed by atoms with van der Waals surface area (Å²) in [6.45, 7) is 16.8. The number of benzene rings is 3. The predicted molar refractivity (Wildman–Crippen MR) is 126 cm³/mol. The number of rotatable bonds is 4. The Labute approximate surface area is 181 Å². The van der Waals surface area contributed by atoms with Gasteiger partial charge in [0.1, 0.15) is 11.5 Å². The van der Waals surface area contributed by atoms with Crippen LogP contribution in [-0.4, -0.2) is 10.2 Å². The molecule has 0 amide bonds. The highest BCUT2D eigenvalue weighted by atomic mass is 16.3. The molecule has 0 aliphatic rings. The van der Waals surface area contributed by atoms with Crippen LogP contribution >= 0.6 is 0 Å². The van der Waals surface area contributed by atoms with E-state index < -0.39 is 0 Å². The zero-order valence-corrected chi connectivity index (χ0v) is 19.6. The van der Waals surface area contributed by atoms with E-state index >= 15 is 0 Å². The molecule has 3 aromatic carbocycles. The van der Waals surface area contributed by atoms with Crippen molar-refractivity contribution < 1.29 is 10.2 Å². The molecule has 0 aromatic heterocycles. The van der Waals surface area contributed by atoms with Crippen molar-refractivity contribution >= 4 is 0 Å². The van der Waals surface area contributed by atoms with Gasteiger partial charge in [-0.15, -0.1) is 0 Å². The average Bonchev–Trinajstić information content (AvgIpc) is 2.69. The maximum absolute atomic E-state index is 10.1. The standard InChI is InChI=1S/C28H34O2/c1-15-9-23(10-16(2)27(15)29)13-25-19(5)21(7)26(22(8)20(25)6)14-24-11-17(3)28(30)18(4)12-24/h9-12,29-30H,13-14H2,1-8H3. The summed E-state index contributed by atoms with van der Waals surface area (Å²) < 4.78 is 0. The van der Waals surface area contributed by atoms with Crippen molar-refractivity contribution in [1.29, 1.82) is 0 Å². The van der Waals surface area contributed by atoms with Gasteiger partial charge in [-0.2, -0.15) is 0 Å². The summed E-state index contributed by atoms with van der Waals surface area (Å²) in [6.07, 6.45) is 1.75. The van der Waals surface area contributed by atoms with E-state index in [1.165, 1.54) is 44.5 Å². The Kier molecular flexibility index (Phi) is 5.99. The third-order valence-corrected chi connectivity index (χ3v) is 6.80. The van der Waals surface area contributed by atoms with Crippen molar-refractivity contribution in [3.8, 4) is 11.5 Å². The summed E-state index contributed by atoms with van der Waals surface area (Å²) in [7, 11) is 0. The van der Waals surface area contributed by atoms with E-state index in [0.29, 0.717) is 11.5 Å². The number of hydrogen-bond acceptors (Lipinski definition) is 2. The van der Waals surface area contributed by atoms with Crippen LogP contribution in [0.15, 0.2) is 24.3 Å². The van der Waals surface area contributed by atoms with Crippen LogP contribution in [0.2, 0.25) is 0 Å². The van der Waals surface area contributed by atoms with Gasteiger partial charge in [-0.25, -0.2) is 0 Å². The molecule has 30 heavy (non-hydrogen) atoms. The van der Waals surface area contributed by atoms with Gasteiger partial charge in [0, 0.05) is 0 Å². The first-order chi connectivity index (χ1) is 14.0. The number of phenols is 2. The van der Waals surface area contributed by atoms with Crippen LogP contribution in [0.1, 0.15) is 66.8 Å². The third-order valence-electron chi connectivity index (χ3n) is 6.80. The van der Waals surface area contributed by atoms with Crippen LogP contribution in [0.4, 0.5) is 0 Å². The molecule has 0 radical (unpaired) electrons. The molecular weight excluding hydrogens is 368 g/mol. The normalized spacial score (nSPS) is 11.2. The lowest BCUT2D eigenvalue weighted by molar-refractivity contribution is 0.466. The van der Waals surface area contributed by atoms with Crippen LogP contribution in [0.25, 0.3) is 0 Å². The van der Waals surface area contributed by atoms with Gasteiger partial charge in [0.25, 0.3) is 0 Å². The number of aryl methyl sites for hydroxylation is 4. The van der Waals surface area contributed by atoms with E-state index in [4.69, 9.17) is 0 Å². The van der Waals surface area contributed by atoms with Crippen molar-refractivity contribution in [3.05, 3.63) is 91.0 Å². The van der Waals surface area contributed by atoms with Crippen LogP contribution in [0, 0.1) is 55.4 Å². The molecule has 3 rings (SSSR count). The second-order valence-corrected chi connectivity index (χ2v) is 8.97. The first-order valence-electron chi connectivity index (χ1n) is 10.7.